The maximum Gasteiger partial charge on any atom is 0.0240 e. The number of terminal acetylenes is 1. The molecule has 1 aliphatic heterocycles. The Bertz CT molecular complexity index is 165. The molecule has 0 aromatic carbocycles. The molecule has 1 fully saturated rings. The van der Waals surface area contributed by atoms with Crippen LogP contribution in [0.4, 0.5) is 0 Å². The third-order valence-electron chi connectivity index (χ3n) is 2.67. The van der Waals surface area contributed by atoms with Crippen LogP contribution in [0.5, 0.6) is 0 Å². The fraction of sp³-hybridized carbons (Fsp3) is 0.818. The van der Waals surface area contributed by atoms with Crippen molar-refractivity contribution in [3.8, 4) is 12.3 Å². The zero-order valence-electron chi connectivity index (χ0n) is 8.47. The third kappa shape index (κ3) is 3.80. The van der Waals surface area contributed by atoms with Crippen molar-refractivity contribution in [2.24, 2.45) is 0 Å². The van der Waals surface area contributed by atoms with E-state index in [9.17, 15) is 0 Å². The highest BCUT2D eigenvalue weighted by Gasteiger charge is 2.15. The second kappa shape index (κ2) is 6.01. The minimum atomic E-state index is 0.521. The van der Waals surface area contributed by atoms with Gasteiger partial charge in [-0.3, -0.25) is 0 Å². The van der Waals surface area contributed by atoms with E-state index >= 15 is 0 Å². The molecule has 74 valence electrons. The molecule has 1 rings (SSSR count). The highest BCUT2D eigenvalue weighted by atomic mass is 15.0. The molecule has 2 heteroatoms. The van der Waals surface area contributed by atoms with E-state index in [-0.39, 0.29) is 0 Å². The van der Waals surface area contributed by atoms with Gasteiger partial charge in [0.2, 0.25) is 0 Å². The molecule has 0 amide bonds. The van der Waals surface area contributed by atoms with Crippen molar-refractivity contribution < 1.29 is 0 Å². The first-order valence-corrected chi connectivity index (χ1v) is 5.27. The zero-order valence-corrected chi connectivity index (χ0v) is 8.47. The first-order chi connectivity index (χ1) is 6.36. The first-order valence-electron chi connectivity index (χ1n) is 5.27. The summed E-state index contributed by atoms with van der Waals surface area (Å²) in [4.78, 5) is 0. The molecule has 1 unspecified atom stereocenters. The highest BCUT2D eigenvalue weighted by molar-refractivity contribution is 4.91. The minimum absolute atomic E-state index is 0.521. The van der Waals surface area contributed by atoms with Gasteiger partial charge >= 0.3 is 0 Å². The van der Waals surface area contributed by atoms with Crippen LogP contribution in [0.1, 0.15) is 32.6 Å². The summed E-state index contributed by atoms with van der Waals surface area (Å²) in [6.07, 6.45) is 9.78. The van der Waals surface area contributed by atoms with Gasteiger partial charge in [0, 0.05) is 18.5 Å². The largest absolute Gasteiger partial charge is 0.317 e. The van der Waals surface area contributed by atoms with Crippen molar-refractivity contribution >= 4 is 0 Å². The molecule has 0 bridgehead atoms. The fourth-order valence-corrected chi connectivity index (χ4v) is 1.79. The molecular formula is C11H20N2. The Balaban J connectivity index is 2.23. The summed E-state index contributed by atoms with van der Waals surface area (Å²) in [5, 5.41) is 6.98. The molecular weight excluding hydrogens is 160 g/mol. The molecule has 0 radical (unpaired) electrons. The van der Waals surface area contributed by atoms with Gasteiger partial charge in [-0.05, 0) is 32.4 Å². The van der Waals surface area contributed by atoms with E-state index in [0.717, 1.165) is 25.9 Å². The smallest absolute Gasteiger partial charge is 0.0240 e. The number of nitrogens with one attached hydrogen (secondary N) is 2. The van der Waals surface area contributed by atoms with Crippen LogP contribution in [0.15, 0.2) is 0 Å². The molecule has 0 aromatic heterocycles. The van der Waals surface area contributed by atoms with Crippen molar-refractivity contribution in [1.82, 2.24) is 10.6 Å². The molecule has 1 heterocycles. The second-order valence-corrected chi connectivity index (χ2v) is 3.70. The Morgan fingerprint density at radius 1 is 1.54 bits per heavy atom. The highest BCUT2D eigenvalue weighted by Crippen LogP contribution is 2.06. The summed E-state index contributed by atoms with van der Waals surface area (Å²) in [5.41, 5.74) is 0. The molecule has 13 heavy (non-hydrogen) atoms. The summed E-state index contributed by atoms with van der Waals surface area (Å²) in [7, 11) is 0. The topological polar surface area (TPSA) is 24.1 Å². The number of piperidine rings is 1. The van der Waals surface area contributed by atoms with E-state index in [4.69, 9.17) is 6.42 Å². The van der Waals surface area contributed by atoms with Crippen LogP contribution in [-0.4, -0.2) is 25.2 Å². The van der Waals surface area contributed by atoms with Gasteiger partial charge in [0.1, 0.15) is 0 Å². The van der Waals surface area contributed by atoms with Gasteiger partial charge < -0.3 is 10.6 Å². The monoisotopic (exact) mass is 180 g/mol. The molecule has 1 atom stereocenters. The zero-order chi connectivity index (χ0) is 9.52. The minimum Gasteiger partial charge on any atom is -0.317 e. The van der Waals surface area contributed by atoms with Gasteiger partial charge in [-0.1, -0.05) is 6.92 Å². The normalized spacial score (nSPS) is 20.9. The third-order valence-corrected chi connectivity index (χ3v) is 2.67. The maximum atomic E-state index is 5.31. The Morgan fingerprint density at radius 3 is 2.77 bits per heavy atom. The van der Waals surface area contributed by atoms with Gasteiger partial charge in [0.15, 0.2) is 0 Å². The van der Waals surface area contributed by atoms with E-state index in [1.54, 1.807) is 0 Å². The van der Waals surface area contributed by atoms with Crippen molar-refractivity contribution in [1.29, 1.82) is 0 Å². The lowest BCUT2D eigenvalue weighted by molar-refractivity contribution is 0.344. The quantitative estimate of drug-likeness (QED) is 0.634. The summed E-state index contributed by atoms with van der Waals surface area (Å²) in [5.74, 6) is 2.73. The molecule has 1 saturated heterocycles. The maximum absolute atomic E-state index is 5.31. The summed E-state index contributed by atoms with van der Waals surface area (Å²) in [6, 6.07) is 1.20. The van der Waals surface area contributed by atoms with Gasteiger partial charge in [-0.25, -0.2) is 0 Å². The predicted molar refractivity (Wildman–Crippen MR) is 56.6 cm³/mol. The number of rotatable bonds is 4. The fourth-order valence-electron chi connectivity index (χ4n) is 1.79. The molecule has 0 spiro atoms. The van der Waals surface area contributed by atoms with Crippen molar-refractivity contribution in [2.45, 2.75) is 44.7 Å². The lowest BCUT2D eigenvalue weighted by atomic mass is 10.0. The van der Waals surface area contributed by atoms with Crippen molar-refractivity contribution in [2.75, 3.05) is 13.1 Å². The van der Waals surface area contributed by atoms with E-state index < -0.39 is 0 Å². The van der Waals surface area contributed by atoms with Crippen LogP contribution in [0, 0.1) is 12.3 Å². The molecule has 0 aromatic rings. The Kier molecular flexibility index (Phi) is 4.88. The van der Waals surface area contributed by atoms with E-state index in [1.165, 1.54) is 12.8 Å². The Morgan fingerprint density at radius 2 is 2.23 bits per heavy atom. The van der Waals surface area contributed by atoms with Crippen LogP contribution in [0.25, 0.3) is 0 Å². The van der Waals surface area contributed by atoms with Crippen LogP contribution in [0.3, 0.4) is 0 Å². The van der Waals surface area contributed by atoms with Crippen LogP contribution < -0.4 is 10.6 Å². The lowest BCUT2D eigenvalue weighted by Crippen LogP contribution is -2.44. The summed E-state index contributed by atoms with van der Waals surface area (Å²) >= 11 is 0. The number of hydrogen-bond acceptors (Lipinski definition) is 2. The van der Waals surface area contributed by atoms with Gasteiger partial charge in [-0.15, -0.1) is 12.3 Å². The Labute approximate surface area is 81.5 Å². The van der Waals surface area contributed by atoms with Crippen LogP contribution in [0.2, 0.25) is 0 Å². The van der Waals surface area contributed by atoms with Crippen molar-refractivity contribution in [3.63, 3.8) is 0 Å². The molecule has 1 aliphatic rings. The van der Waals surface area contributed by atoms with Gasteiger partial charge in [0.25, 0.3) is 0 Å². The standard InChI is InChI=1S/C11H20N2/c1-3-5-10(4-2)13-11-6-8-12-9-7-11/h1,10-13H,4-9H2,2H3. The van der Waals surface area contributed by atoms with Gasteiger partial charge in [-0.2, -0.15) is 0 Å². The average molecular weight is 180 g/mol. The lowest BCUT2D eigenvalue weighted by Gasteiger charge is -2.27. The van der Waals surface area contributed by atoms with Crippen LogP contribution >= 0.6 is 0 Å². The first kappa shape index (κ1) is 10.6. The summed E-state index contributed by atoms with van der Waals surface area (Å²) < 4.78 is 0. The average Bonchev–Trinajstić information content (AvgIpc) is 2.19. The Hall–Kier alpha value is -0.520. The molecule has 0 aliphatic carbocycles. The molecule has 2 nitrogen and oxygen atoms in total. The summed E-state index contributed by atoms with van der Waals surface area (Å²) in [6.45, 7) is 4.48. The van der Waals surface area contributed by atoms with Gasteiger partial charge in [0.05, 0.1) is 0 Å². The second-order valence-electron chi connectivity index (χ2n) is 3.70. The molecule has 0 saturated carbocycles. The van der Waals surface area contributed by atoms with E-state index in [2.05, 4.69) is 23.5 Å². The SMILES string of the molecule is C#CCC(CC)NC1CCNCC1. The van der Waals surface area contributed by atoms with E-state index in [1.807, 2.05) is 0 Å². The number of hydrogen-bond donors (Lipinski definition) is 2. The predicted octanol–water partition coefficient (Wildman–Crippen LogP) is 1.13. The van der Waals surface area contributed by atoms with Crippen LogP contribution in [-0.2, 0) is 0 Å². The van der Waals surface area contributed by atoms with Crippen molar-refractivity contribution in [3.05, 3.63) is 0 Å². The molecule has 2 N–H and O–H groups in total. The van der Waals surface area contributed by atoms with E-state index in [0.29, 0.717) is 12.1 Å².